The van der Waals surface area contributed by atoms with Crippen molar-refractivity contribution in [1.29, 1.82) is 0 Å². The number of carbonyl (C=O) groups excluding carboxylic acids is 1. The van der Waals surface area contributed by atoms with Crippen LogP contribution in [0.5, 0.6) is 11.5 Å². The normalized spacial score (nSPS) is 17.8. The van der Waals surface area contributed by atoms with Crippen molar-refractivity contribution in [3.8, 4) is 11.5 Å². The molecule has 0 unspecified atom stereocenters. The number of likely N-dealkylation sites (tertiary alicyclic amines) is 1. The van der Waals surface area contributed by atoms with Gasteiger partial charge in [-0.1, -0.05) is 6.07 Å². The molecule has 31 heavy (non-hydrogen) atoms. The Hall–Kier alpha value is -3.68. The molecule has 8 heteroatoms. The van der Waals surface area contributed by atoms with E-state index in [-0.39, 0.29) is 11.8 Å². The third kappa shape index (κ3) is 4.28. The van der Waals surface area contributed by atoms with Crippen LogP contribution in [0.4, 0.5) is 11.6 Å². The third-order valence-electron chi connectivity index (χ3n) is 5.51. The summed E-state index contributed by atoms with van der Waals surface area (Å²) in [6.45, 7) is 2.41. The quantitative estimate of drug-likeness (QED) is 0.696. The number of fused-ring (bicyclic) bond motifs is 1. The minimum atomic E-state index is 0.00973. The van der Waals surface area contributed by atoms with Crippen molar-refractivity contribution in [1.82, 2.24) is 19.9 Å². The molecule has 3 aromatic rings. The Bertz CT molecular complexity index is 1080. The van der Waals surface area contributed by atoms with Gasteiger partial charge in [-0.2, -0.15) is 0 Å². The van der Waals surface area contributed by atoms with Gasteiger partial charge in [0.2, 0.25) is 0 Å². The van der Waals surface area contributed by atoms with Crippen LogP contribution in [0, 0.1) is 0 Å². The topological polar surface area (TPSA) is 89.5 Å². The number of nitrogens with zero attached hydrogens (tertiary/aromatic N) is 4. The van der Waals surface area contributed by atoms with Gasteiger partial charge in [-0.15, -0.1) is 0 Å². The van der Waals surface area contributed by atoms with Crippen LogP contribution in [0.15, 0.2) is 55.0 Å². The highest BCUT2D eigenvalue weighted by molar-refractivity contribution is 5.95. The van der Waals surface area contributed by atoms with E-state index >= 15 is 0 Å². The number of amides is 1. The van der Waals surface area contributed by atoms with Gasteiger partial charge >= 0.3 is 0 Å². The summed E-state index contributed by atoms with van der Waals surface area (Å²) in [4.78, 5) is 28.1. The molecule has 1 saturated heterocycles. The van der Waals surface area contributed by atoms with E-state index in [9.17, 15) is 4.79 Å². The molecule has 0 radical (unpaired) electrons. The molecule has 0 bridgehead atoms. The molecule has 1 amide bonds. The van der Waals surface area contributed by atoms with Gasteiger partial charge in [0.1, 0.15) is 24.8 Å². The Kier molecular flexibility index (Phi) is 5.35. The van der Waals surface area contributed by atoms with Gasteiger partial charge < -0.3 is 19.7 Å². The van der Waals surface area contributed by atoms with E-state index in [1.54, 1.807) is 24.7 Å². The maximum absolute atomic E-state index is 13.2. The zero-order valence-electron chi connectivity index (χ0n) is 17.0. The van der Waals surface area contributed by atoms with Crippen molar-refractivity contribution in [3.05, 3.63) is 66.2 Å². The van der Waals surface area contributed by atoms with Gasteiger partial charge in [-0.25, -0.2) is 9.97 Å². The van der Waals surface area contributed by atoms with Crippen molar-refractivity contribution < 1.29 is 14.3 Å². The summed E-state index contributed by atoms with van der Waals surface area (Å²) in [5.74, 6) is 2.87. The molecule has 8 nitrogen and oxygen atoms in total. The summed E-state index contributed by atoms with van der Waals surface area (Å²) >= 11 is 0. The van der Waals surface area contributed by atoms with E-state index in [0.717, 1.165) is 25.1 Å². The molecule has 0 saturated carbocycles. The number of pyridine rings is 1. The highest BCUT2D eigenvalue weighted by atomic mass is 16.6. The van der Waals surface area contributed by atoms with E-state index in [2.05, 4.69) is 15.3 Å². The van der Waals surface area contributed by atoms with Gasteiger partial charge in [0.05, 0.1) is 6.20 Å². The second kappa shape index (κ2) is 8.59. The van der Waals surface area contributed by atoms with E-state index in [1.165, 1.54) is 0 Å². The molecule has 2 aliphatic rings. The monoisotopic (exact) mass is 417 g/mol. The van der Waals surface area contributed by atoms with Crippen LogP contribution in [-0.4, -0.2) is 52.1 Å². The van der Waals surface area contributed by atoms with Crippen LogP contribution in [0.2, 0.25) is 0 Å². The first kappa shape index (κ1) is 19.3. The number of aromatic nitrogens is 3. The summed E-state index contributed by atoms with van der Waals surface area (Å²) in [5.41, 5.74) is 1.59. The second-order valence-corrected chi connectivity index (χ2v) is 7.61. The lowest BCUT2D eigenvalue weighted by atomic mass is 9.93. The molecule has 1 atom stereocenters. The molecule has 158 valence electrons. The highest BCUT2D eigenvalue weighted by Crippen LogP contribution is 2.32. The zero-order valence-corrected chi connectivity index (χ0v) is 17.0. The number of rotatable bonds is 4. The zero-order chi connectivity index (χ0) is 21.0. The van der Waals surface area contributed by atoms with Crippen molar-refractivity contribution in [2.24, 2.45) is 0 Å². The van der Waals surface area contributed by atoms with Crippen LogP contribution in [0.25, 0.3) is 0 Å². The Morgan fingerprint density at radius 1 is 1.06 bits per heavy atom. The minimum absolute atomic E-state index is 0.00973. The number of ether oxygens (including phenoxy) is 2. The summed E-state index contributed by atoms with van der Waals surface area (Å²) < 4.78 is 11.2. The smallest absolute Gasteiger partial charge is 0.254 e. The predicted octanol–water partition coefficient (Wildman–Crippen LogP) is 3.41. The van der Waals surface area contributed by atoms with Crippen molar-refractivity contribution in [2.45, 2.75) is 18.8 Å². The highest BCUT2D eigenvalue weighted by Gasteiger charge is 2.27. The molecule has 2 aromatic heterocycles. The fourth-order valence-electron chi connectivity index (χ4n) is 4.01. The van der Waals surface area contributed by atoms with Crippen LogP contribution in [0.3, 0.4) is 0 Å². The summed E-state index contributed by atoms with van der Waals surface area (Å²) in [7, 11) is 0. The van der Waals surface area contributed by atoms with Gasteiger partial charge in [-0.05, 0) is 43.2 Å². The Balaban J connectivity index is 1.30. The van der Waals surface area contributed by atoms with Gasteiger partial charge in [0, 0.05) is 42.7 Å². The number of anilines is 2. The lowest BCUT2D eigenvalue weighted by molar-refractivity contribution is 0.0705. The van der Waals surface area contributed by atoms with Crippen molar-refractivity contribution in [2.75, 3.05) is 31.6 Å². The molecule has 2 aliphatic heterocycles. The van der Waals surface area contributed by atoms with Gasteiger partial charge in [0.15, 0.2) is 11.5 Å². The fraction of sp³-hybridized carbons (Fsp3) is 0.304. The third-order valence-corrected chi connectivity index (χ3v) is 5.51. The number of hydrogen-bond donors (Lipinski definition) is 1. The lowest BCUT2D eigenvalue weighted by Gasteiger charge is -2.33. The number of carbonyl (C=O) groups is 1. The predicted molar refractivity (Wildman–Crippen MR) is 115 cm³/mol. The Labute approximate surface area is 180 Å². The van der Waals surface area contributed by atoms with Crippen LogP contribution < -0.4 is 14.8 Å². The molecule has 5 rings (SSSR count). The van der Waals surface area contributed by atoms with E-state index in [0.29, 0.717) is 48.5 Å². The van der Waals surface area contributed by atoms with Crippen LogP contribution in [0.1, 0.15) is 34.8 Å². The largest absolute Gasteiger partial charge is 0.486 e. The SMILES string of the molecule is O=C(c1ccc2c(c1)OCCO2)N1CCC[C@H](c2cccc(Nc3cnccn3)n2)C1. The molecule has 0 spiro atoms. The van der Waals surface area contributed by atoms with Crippen LogP contribution >= 0.6 is 0 Å². The summed E-state index contributed by atoms with van der Waals surface area (Å²) in [5, 5.41) is 3.18. The standard InChI is InChI=1S/C23H23N5O3/c29-23(16-6-7-19-20(13-16)31-12-11-30-19)28-10-2-3-17(15-28)18-4-1-5-21(26-18)27-22-14-24-8-9-25-22/h1,4-9,13-14,17H,2-3,10-12,15H2,(H,25,26,27)/t17-/m0/s1. The molecule has 1 N–H and O–H groups in total. The van der Waals surface area contributed by atoms with Gasteiger partial charge in [-0.3, -0.25) is 9.78 Å². The van der Waals surface area contributed by atoms with Crippen molar-refractivity contribution >= 4 is 17.5 Å². The number of hydrogen-bond acceptors (Lipinski definition) is 7. The number of nitrogens with one attached hydrogen (secondary N) is 1. The van der Waals surface area contributed by atoms with E-state index < -0.39 is 0 Å². The van der Waals surface area contributed by atoms with E-state index in [1.807, 2.05) is 35.2 Å². The first-order valence-electron chi connectivity index (χ1n) is 10.5. The molecular weight excluding hydrogens is 394 g/mol. The molecular formula is C23H23N5O3. The first-order chi connectivity index (χ1) is 15.3. The molecule has 4 heterocycles. The second-order valence-electron chi connectivity index (χ2n) is 7.61. The Morgan fingerprint density at radius 3 is 2.84 bits per heavy atom. The molecule has 1 fully saturated rings. The van der Waals surface area contributed by atoms with Crippen molar-refractivity contribution in [3.63, 3.8) is 0 Å². The Morgan fingerprint density at radius 2 is 1.97 bits per heavy atom. The average Bonchev–Trinajstić information content (AvgIpc) is 2.84. The summed E-state index contributed by atoms with van der Waals surface area (Å²) in [6, 6.07) is 11.3. The summed E-state index contributed by atoms with van der Waals surface area (Å²) in [6.07, 6.45) is 6.85. The lowest BCUT2D eigenvalue weighted by Crippen LogP contribution is -2.39. The van der Waals surface area contributed by atoms with E-state index in [4.69, 9.17) is 14.5 Å². The van der Waals surface area contributed by atoms with Crippen LogP contribution in [-0.2, 0) is 0 Å². The minimum Gasteiger partial charge on any atom is -0.486 e. The number of piperidine rings is 1. The maximum Gasteiger partial charge on any atom is 0.254 e. The molecule has 1 aromatic carbocycles. The average molecular weight is 417 g/mol. The van der Waals surface area contributed by atoms with Gasteiger partial charge in [0.25, 0.3) is 5.91 Å². The fourth-order valence-corrected chi connectivity index (χ4v) is 4.01. The maximum atomic E-state index is 13.2. The number of benzene rings is 1. The molecule has 0 aliphatic carbocycles. The first-order valence-corrected chi connectivity index (χ1v) is 10.5.